The quantitative estimate of drug-likeness (QED) is 0.0241. The van der Waals surface area contributed by atoms with Crippen molar-refractivity contribution >= 4 is 56.2 Å². The summed E-state index contributed by atoms with van der Waals surface area (Å²) in [4.78, 5) is 88.5. The predicted octanol–water partition coefficient (Wildman–Crippen LogP) is 1.10. The van der Waals surface area contributed by atoms with Crippen LogP contribution in [0.1, 0.15) is 44.7 Å². The molecule has 0 saturated carbocycles. The summed E-state index contributed by atoms with van der Waals surface area (Å²) in [6.45, 7) is 0.612. The Morgan fingerprint density at radius 2 is 1.72 bits per heavy atom. The molecule has 3 saturated heterocycles. The first-order valence-electron chi connectivity index (χ1n) is 19.9. The van der Waals surface area contributed by atoms with Crippen LogP contribution in [0.5, 0.6) is 0 Å². The second-order valence-electron chi connectivity index (χ2n) is 15.5. The lowest BCUT2D eigenvalue weighted by Crippen LogP contribution is -2.53. The number of carbonyl (C=O) groups excluding carboxylic acids is 2. The van der Waals surface area contributed by atoms with Crippen molar-refractivity contribution in [3.63, 3.8) is 0 Å². The summed E-state index contributed by atoms with van der Waals surface area (Å²) in [5.74, 6) is -1.33. The first-order chi connectivity index (χ1) is 31.7. The monoisotopic (exact) mass is 982 g/mol. The van der Waals surface area contributed by atoms with Gasteiger partial charge >= 0.3 is 33.4 Å². The zero-order chi connectivity index (χ0) is 48.3. The number of aliphatic hydroxyl groups excluding tert-OH is 1. The van der Waals surface area contributed by atoms with E-state index in [9.17, 15) is 43.3 Å². The van der Waals surface area contributed by atoms with E-state index in [2.05, 4.69) is 39.8 Å². The van der Waals surface area contributed by atoms with E-state index in [1.807, 2.05) is 0 Å². The van der Waals surface area contributed by atoms with Crippen LogP contribution >= 0.6 is 15.6 Å². The average Bonchev–Trinajstić information content (AvgIpc) is 4.07. The number of aromatic nitrogens is 6. The molecule has 2 unspecified atom stereocenters. The van der Waals surface area contributed by atoms with Crippen LogP contribution in [0.15, 0.2) is 59.1 Å². The number of ether oxygens (including phenoxy) is 6. The van der Waals surface area contributed by atoms with E-state index in [0.29, 0.717) is 24.1 Å². The number of phosphoric acid groups is 2. The number of anilines is 2. The molecule has 32 heteroatoms. The summed E-state index contributed by atoms with van der Waals surface area (Å²) in [5, 5.41) is 17.5. The number of aliphatic hydroxyl groups is 1. The highest BCUT2D eigenvalue weighted by Crippen LogP contribution is 2.51. The number of imidazole rings is 1. The molecule has 30 nitrogen and oxygen atoms in total. The molecule has 362 valence electrons. The molecule has 9 N–H and O–H groups in total. The van der Waals surface area contributed by atoms with Crippen molar-refractivity contribution in [1.82, 2.24) is 34.4 Å². The van der Waals surface area contributed by atoms with Crippen LogP contribution in [0.3, 0.4) is 0 Å². The van der Waals surface area contributed by atoms with E-state index in [4.69, 9.17) is 54.5 Å². The molecule has 3 aliphatic heterocycles. The number of nitrogens with two attached hydrogens (primary N) is 2. The van der Waals surface area contributed by atoms with Gasteiger partial charge in [-0.15, -0.1) is 0 Å². The number of amides is 1. The van der Waals surface area contributed by atoms with Crippen LogP contribution in [-0.2, 0) is 62.5 Å². The lowest BCUT2D eigenvalue weighted by molar-refractivity contribution is -0.181. The number of hydrogen-bond acceptors (Lipinski definition) is 22. The van der Waals surface area contributed by atoms with E-state index in [-0.39, 0.29) is 36.0 Å². The third-order valence-corrected chi connectivity index (χ3v) is 11.7. The molecule has 10 atom stereocenters. The minimum Gasteiger partial charge on any atom is -0.455 e. The van der Waals surface area contributed by atoms with Gasteiger partial charge < -0.3 is 65.0 Å². The summed E-state index contributed by atoms with van der Waals surface area (Å²) < 4.78 is 78.2. The van der Waals surface area contributed by atoms with E-state index >= 15 is 0 Å². The number of phosphoric ester groups is 2. The van der Waals surface area contributed by atoms with Crippen LogP contribution in [0.2, 0.25) is 0 Å². The van der Waals surface area contributed by atoms with Gasteiger partial charge in [-0.1, -0.05) is 29.4 Å². The number of nitrogens with zero attached hydrogens (tertiary/aromatic N) is 9. The van der Waals surface area contributed by atoms with Crippen molar-refractivity contribution in [1.29, 1.82) is 0 Å². The van der Waals surface area contributed by atoms with Crippen molar-refractivity contribution in [2.75, 3.05) is 31.3 Å². The number of azide groups is 1. The van der Waals surface area contributed by atoms with Gasteiger partial charge in [-0.3, -0.25) is 22.7 Å². The molecule has 3 aliphatic rings. The fourth-order valence-electron chi connectivity index (χ4n) is 7.07. The van der Waals surface area contributed by atoms with Gasteiger partial charge in [-0.25, -0.2) is 38.5 Å². The Kier molecular flexibility index (Phi) is 14.9. The van der Waals surface area contributed by atoms with Crippen LogP contribution in [-0.4, -0.2) is 129 Å². The van der Waals surface area contributed by atoms with Gasteiger partial charge in [-0.2, -0.15) is 4.98 Å². The number of hydrogen-bond donors (Lipinski definition) is 7. The molecule has 1 aromatic carbocycles. The van der Waals surface area contributed by atoms with E-state index in [1.165, 1.54) is 49.1 Å². The SMILES string of the molecule is CC(C)(NC(=O)OCc1ccc(N=[N+]=[N-])cc1)C(=O)O[C@H]1[C@@H](O)[C@H](n2cnc3c(N)ncnc32)O[C@@H]1COP(=O)(O)O[C@H]1[C@@H](OC2CCCO2)[C@H](n2ccc(N)nc2=O)O[C@@H]1COP(=O)(O)O. The number of benzene rings is 1. The van der Waals surface area contributed by atoms with Crippen molar-refractivity contribution < 1.29 is 80.5 Å². The van der Waals surface area contributed by atoms with Crippen LogP contribution in [0, 0.1) is 0 Å². The van der Waals surface area contributed by atoms with E-state index < -0.39 is 108 Å². The highest BCUT2D eigenvalue weighted by molar-refractivity contribution is 7.47. The summed E-state index contributed by atoms with van der Waals surface area (Å²) in [6, 6.07) is 7.34. The van der Waals surface area contributed by atoms with Crippen molar-refractivity contribution in [3.05, 3.63) is 75.7 Å². The molecule has 0 spiro atoms. The average molecular weight is 983 g/mol. The fourth-order valence-corrected chi connectivity index (χ4v) is 8.37. The lowest BCUT2D eigenvalue weighted by atomic mass is 10.1. The molecular formula is C35H44N12O18P2. The molecule has 0 bridgehead atoms. The summed E-state index contributed by atoms with van der Waals surface area (Å²) in [6.07, 6.45) is -10.8. The topological polar surface area (TPSA) is 424 Å². The van der Waals surface area contributed by atoms with Gasteiger partial charge in [0, 0.05) is 29.8 Å². The van der Waals surface area contributed by atoms with Crippen LogP contribution in [0.25, 0.3) is 21.6 Å². The number of nitrogens with one attached hydrogen (secondary N) is 1. The van der Waals surface area contributed by atoms with Gasteiger partial charge in [0.05, 0.1) is 19.5 Å². The Balaban J connectivity index is 1.11. The van der Waals surface area contributed by atoms with Gasteiger partial charge in [0.15, 0.2) is 36.3 Å². The standard InChI is InChI=1S/C35H44N12O18P2/c1-35(2,43-34(51)58-12-17-5-7-18(8-6-17)44-45-38)32(49)64-25-19(61-30(24(25)48)47-16-41-23-28(37)39-15-40-29(23)47)14-60-67(55,56)65-26-20(13-59-66(52,53)54)62-31(27(26)63-22-4-3-11-57-22)46-10-9-21(36)42-33(46)50/h5-10,15-16,19-20,22,24-27,30-31,48H,3-4,11-14H2,1-2H3,(H,43,51)(H,55,56)(H2,36,42,50)(H2,37,39,40)(H2,52,53,54)/t19-,20-,22?,24-,25-,26-,27-,30-,31-/m1/s1. The molecule has 1 amide bonds. The second kappa shape index (κ2) is 20.3. The maximum absolute atomic E-state index is 14.0. The molecule has 3 aromatic heterocycles. The van der Waals surface area contributed by atoms with Gasteiger partial charge in [-0.05, 0) is 37.4 Å². The number of fused-ring (bicyclic) bond motifs is 1. The Hall–Kier alpha value is -5.68. The number of alkyl carbamates (subject to hydrolysis) is 1. The fraction of sp³-hybridized carbons (Fsp3) is 0.514. The lowest BCUT2D eigenvalue weighted by Gasteiger charge is -2.29. The Labute approximate surface area is 376 Å². The molecule has 0 radical (unpaired) electrons. The number of rotatable bonds is 18. The van der Waals surface area contributed by atoms with E-state index in [0.717, 1.165) is 10.9 Å². The Bertz CT molecular complexity index is 2640. The highest BCUT2D eigenvalue weighted by atomic mass is 31.2. The smallest absolute Gasteiger partial charge is 0.455 e. The zero-order valence-electron chi connectivity index (χ0n) is 35.1. The van der Waals surface area contributed by atoms with Gasteiger partial charge in [0.1, 0.15) is 60.3 Å². The van der Waals surface area contributed by atoms with Crippen molar-refractivity contribution in [2.45, 2.75) is 94.2 Å². The number of esters is 1. The van der Waals surface area contributed by atoms with E-state index in [1.54, 1.807) is 12.1 Å². The molecular weight excluding hydrogens is 938 g/mol. The first-order valence-corrected chi connectivity index (χ1v) is 22.9. The van der Waals surface area contributed by atoms with Crippen molar-refractivity contribution in [2.24, 2.45) is 5.11 Å². The highest BCUT2D eigenvalue weighted by Gasteiger charge is 2.54. The van der Waals surface area contributed by atoms with Crippen LogP contribution < -0.4 is 22.5 Å². The zero-order valence-corrected chi connectivity index (χ0v) is 36.9. The van der Waals surface area contributed by atoms with Crippen LogP contribution in [0.4, 0.5) is 22.1 Å². The molecule has 67 heavy (non-hydrogen) atoms. The molecule has 7 rings (SSSR count). The van der Waals surface area contributed by atoms with Gasteiger partial charge in [0.25, 0.3) is 0 Å². The molecule has 4 aromatic rings. The summed E-state index contributed by atoms with van der Waals surface area (Å²) >= 11 is 0. The molecule has 3 fully saturated rings. The third kappa shape index (κ3) is 11.9. The van der Waals surface area contributed by atoms with Gasteiger partial charge in [0.2, 0.25) is 0 Å². The largest absolute Gasteiger partial charge is 0.472 e. The predicted molar refractivity (Wildman–Crippen MR) is 221 cm³/mol. The summed E-state index contributed by atoms with van der Waals surface area (Å²) in [5.41, 5.74) is 18.5. The third-order valence-electron chi connectivity index (χ3n) is 10.3. The van der Waals surface area contributed by atoms with Crippen molar-refractivity contribution in [3.8, 4) is 0 Å². The maximum atomic E-state index is 14.0. The Morgan fingerprint density at radius 3 is 2.40 bits per heavy atom. The number of carbonyl (C=O) groups is 2. The summed E-state index contributed by atoms with van der Waals surface area (Å²) in [7, 11) is -10.6. The normalized spacial score (nSPS) is 26.2. The minimum absolute atomic E-state index is 0.0238. The number of nitrogen functional groups attached to an aromatic ring is 2. The minimum atomic E-state index is -5.44. The molecule has 6 heterocycles. The molecule has 0 aliphatic carbocycles. The Morgan fingerprint density at radius 1 is 1.00 bits per heavy atom. The maximum Gasteiger partial charge on any atom is 0.472 e. The second-order valence-corrected chi connectivity index (χ2v) is 18.1. The first kappa shape index (κ1) is 49.2.